The first-order valence-corrected chi connectivity index (χ1v) is 13.6. The Bertz CT molecular complexity index is 2240. The van der Waals surface area contributed by atoms with E-state index in [4.69, 9.17) is 15.4 Å². The van der Waals surface area contributed by atoms with Crippen LogP contribution in [0.5, 0.6) is 0 Å². The lowest BCUT2D eigenvalue weighted by Gasteiger charge is -2.18. The van der Waals surface area contributed by atoms with Gasteiger partial charge in [-0.1, -0.05) is 69.3 Å². The number of hydrogen-bond donors (Lipinski definition) is 0. The monoisotopic (exact) mass is 539 g/mol. The number of halogens is 1. The smallest absolute Gasteiger partial charge is 0.219 e. The van der Waals surface area contributed by atoms with Crippen molar-refractivity contribution in [3.05, 3.63) is 107 Å². The molecule has 0 unspecified atom stereocenters. The van der Waals surface area contributed by atoms with Crippen LogP contribution in [0.2, 0.25) is 0 Å². The Labute approximate surface area is 237 Å². The van der Waals surface area contributed by atoms with Gasteiger partial charge in [-0.3, -0.25) is 0 Å². The van der Waals surface area contributed by atoms with Crippen molar-refractivity contribution in [1.29, 1.82) is 0 Å². The lowest BCUT2D eigenvalue weighted by molar-refractivity contribution is -0.661. The SMILES string of the molecule is [C-]#[N+]c1ccc(-c2ccc3c(c2)oc2ccccc23)c2oc3c(-c4cc(F)c(C(C)(C)C)c[n+]4C)c(C)ccc3c12. The van der Waals surface area contributed by atoms with Crippen LogP contribution in [-0.2, 0) is 12.5 Å². The zero-order valence-electron chi connectivity index (χ0n) is 23.6. The first kappa shape index (κ1) is 25.0. The average Bonchev–Trinajstić information content (AvgIpc) is 3.51. The molecule has 3 aromatic heterocycles. The van der Waals surface area contributed by atoms with E-state index in [9.17, 15) is 0 Å². The summed E-state index contributed by atoms with van der Waals surface area (Å²) < 4.78 is 30.3. The van der Waals surface area contributed by atoms with E-state index in [1.165, 1.54) is 0 Å². The molecule has 0 amide bonds. The number of aryl methyl sites for hydroxylation is 2. The van der Waals surface area contributed by atoms with Gasteiger partial charge in [0.2, 0.25) is 5.69 Å². The molecule has 4 aromatic carbocycles. The van der Waals surface area contributed by atoms with Gasteiger partial charge >= 0.3 is 0 Å². The van der Waals surface area contributed by atoms with Gasteiger partial charge in [0.1, 0.15) is 35.2 Å². The van der Waals surface area contributed by atoms with Crippen LogP contribution in [0.15, 0.2) is 87.8 Å². The number of furan rings is 2. The maximum atomic E-state index is 15.5. The molecule has 0 saturated heterocycles. The second kappa shape index (κ2) is 8.78. The Morgan fingerprint density at radius 2 is 1.59 bits per heavy atom. The molecule has 0 aliphatic rings. The third-order valence-electron chi connectivity index (χ3n) is 8.07. The van der Waals surface area contributed by atoms with E-state index in [2.05, 4.69) is 23.0 Å². The van der Waals surface area contributed by atoms with Crippen LogP contribution in [0.1, 0.15) is 31.9 Å². The number of pyridine rings is 1. The van der Waals surface area contributed by atoms with Crippen molar-refractivity contribution >= 4 is 49.6 Å². The first-order valence-electron chi connectivity index (χ1n) is 13.6. The van der Waals surface area contributed by atoms with Gasteiger partial charge in [-0.15, -0.1) is 0 Å². The van der Waals surface area contributed by atoms with Crippen LogP contribution in [0, 0.1) is 19.3 Å². The van der Waals surface area contributed by atoms with Crippen LogP contribution in [-0.4, -0.2) is 0 Å². The summed E-state index contributed by atoms with van der Waals surface area (Å²) in [6, 6.07) is 23.6. The first-order chi connectivity index (χ1) is 19.7. The van der Waals surface area contributed by atoms with Gasteiger partial charge in [-0.2, -0.15) is 0 Å². The highest BCUT2D eigenvalue weighted by Crippen LogP contribution is 2.45. The van der Waals surface area contributed by atoms with Gasteiger partial charge in [0.15, 0.2) is 11.9 Å². The normalized spacial score (nSPS) is 12.1. The second-order valence-corrected chi connectivity index (χ2v) is 11.8. The molecular formula is C36H28FN2O2+. The molecule has 0 saturated carbocycles. The minimum atomic E-state index is -0.332. The molecule has 0 aliphatic heterocycles. The predicted octanol–water partition coefficient (Wildman–Crippen LogP) is 9.94. The molecule has 0 radical (unpaired) electrons. The van der Waals surface area contributed by atoms with Crippen LogP contribution in [0.3, 0.4) is 0 Å². The summed E-state index contributed by atoms with van der Waals surface area (Å²) in [7, 11) is 1.93. The molecule has 0 fully saturated rings. The molecular weight excluding hydrogens is 511 g/mol. The van der Waals surface area contributed by atoms with Crippen molar-refractivity contribution in [2.45, 2.75) is 33.1 Å². The van der Waals surface area contributed by atoms with Crippen LogP contribution >= 0.6 is 0 Å². The molecule has 0 atom stereocenters. The van der Waals surface area contributed by atoms with Crippen molar-refractivity contribution < 1.29 is 17.8 Å². The topological polar surface area (TPSA) is 34.5 Å². The minimum absolute atomic E-state index is 0.250. The number of benzene rings is 4. The maximum Gasteiger partial charge on any atom is 0.219 e. The lowest BCUT2D eigenvalue weighted by Crippen LogP contribution is -2.34. The quantitative estimate of drug-likeness (QED) is 0.162. The fourth-order valence-electron chi connectivity index (χ4n) is 5.98. The van der Waals surface area contributed by atoms with Gasteiger partial charge in [-0.05, 0) is 41.7 Å². The van der Waals surface area contributed by atoms with Crippen LogP contribution < -0.4 is 4.57 Å². The van der Waals surface area contributed by atoms with E-state index in [-0.39, 0.29) is 11.2 Å². The van der Waals surface area contributed by atoms with Gasteiger partial charge in [-0.25, -0.2) is 13.8 Å². The van der Waals surface area contributed by atoms with E-state index in [1.807, 2.05) is 94.0 Å². The van der Waals surface area contributed by atoms with E-state index in [0.29, 0.717) is 28.1 Å². The van der Waals surface area contributed by atoms with Gasteiger partial charge in [0.25, 0.3) is 0 Å². The number of nitrogens with zero attached hydrogens (tertiary/aromatic N) is 2. The molecule has 4 nitrogen and oxygen atoms in total. The van der Waals surface area contributed by atoms with E-state index < -0.39 is 0 Å². The highest BCUT2D eigenvalue weighted by molar-refractivity contribution is 6.18. The van der Waals surface area contributed by atoms with Crippen molar-refractivity contribution in [1.82, 2.24) is 0 Å². The molecule has 0 N–H and O–H groups in total. The fourth-order valence-corrected chi connectivity index (χ4v) is 5.98. The Morgan fingerprint density at radius 3 is 2.37 bits per heavy atom. The van der Waals surface area contributed by atoms with Gasteiger partial charge in [0.05, 0.1) is 17.7 Å². The molecule has 0 spiro atoms. The van der Waals surface area contributed by atoms with Crippen molar-refractivity contribution in [3.8, 4) is 22.4 Å². The Kier molecular flexibility index (Phi) is 5.36. The van der Waals surface area contributed by atoms with Crippen molar-refractivity contribution in [2.75, 3.05) is 0 Å². The molecule has 0 bridgehead atoms. The maximum absolute atomic E-state index is 15.5. The summed E-state index contributed by atoms with van der Waals surface area (Å²) in [5.74, 6) is -0.250. The van der Waals surface area contributed by atoms with Crippen LogP contribution in [0.25, 0.3) is 71.1 Å². The van der Waals surface area contributed by atoms with Crippen LogP contribution in [0.4, 0.5) is 10.1 Å². The molecule has 0 aliphatic carbocycles. The highest BCUT2D eigenvalue weighted by Gasteiger charge is 2.28. The van der Waals surface area contributed by atoms with Gasteiger partial charge in [0, 0.05) is 33.2 Å². The largest absolute Gasteiger partial charge is 0.456 e. The molecule has 7 aromatic rings. The Hall–Kier alpha value is -4.95. The van der Waals surface area contributed by atoms with Crippen molar-refractivity contribution in [3.63, 3.8) is 0 Å². The minimum Gasteiger partial charge on any atom is -0.456 e. The summed E-state index contributed by atoms with van der Waals surface area (Å²) in [5, 5.41) is 3.71. The average molecular weight is 540 g/mol. The van der Waals surface area contributed by atoms with E-state index in [0.717, 1.165) is 55.0 Å². The summed E-state index contributed by atoms with van der Waals surface area (Å²) in [5.41, 5.74) is 8.03. The van der Waals surface area contributed by atoms with E-state index >= 15 is 4.39 Å². The fraction of sp³-hybridized carbons (Fsp3) is 0.167. The molecule has 7 rings (SSSR count). The molecule has 5 heteroatoms. The number of fused-ring (bicyclic) bond motifs is 6. The zero-order chi connectivity index (χ0) is 28.6. The second-order valence-electron chi connectivity index (χ2n) is 11.8. The molecule has 200 valence electrons. The summed E-state index contributed by atoms with van der Waals surface area (Å²) >= 11 is 0. The summed E-state index contributed by atoms with van der Waals surface area (Å²) in [6.07, 6.45) is 1.87. The molecule has 3 heterocycles. The van der Waals surface area contributed by atoms with Gasteiger partial charge < -0.3 is 8.83 Å². The lowest BCUT2D eigenvalue weighted by atomic mass is 9.87. The number of rotatable bonds is 2. The predicted molar refractivity (Wildman–Crippen MR) is 163 cm³/mol. The summed E-state index contributed by atoms with van der Waals surface area (Å²) in [6.45, 7) is 15.9. The third-order valence-corrected chi connectivity index (χ3v) is 8.07. The van der Waals surface area contributed by atoms with E-state index in [1.54, 1.807) is 6.07 Å². The molecule has 41 heavy (non-hydrogen) atoms. The number of para-hydroxylation sites is 1. The Balaban J connectivity index is 1.51. The summed E-state index contributed by atoms with van der Waals surface area (Å²) in [4.78, 5) is 3.84. The van der Waals surface area contributed by atoms with Crippen molar-refractivity contribution in [2.24, 2.45) is 7.05 Å². The third kappa shape index (κ3) is 3.75. The standard InChI is InChI=1S/C36H28FN2O2/c1-20-11-13-25-33-28(38-5)16-15-22(21-12-14-24-23-9-7-8-10-30(23)40-31(24)17-21)34(33)41-35(25)32(20)29-18-27(37)26(19-39(29)6)36(2,3)4/h7-19H,1-4,6H3/q+1. The highest BCUT2D eigenvalue weighted by atomic mass is 19.1. The number of aromatic nitrogens is 1. The Morgan fingerprint density at radius 1 is 0.829 bits per heavy atom. The zero-order valence-corrected chi connectivity index (χ0v) is 23.6. The number of hydrogen-bond acceptors (Lipinski definition) is 2.